The molecule has 0 aliphatic carbocycles. The average molecular weight is 232 g/mol. The standard InChI is InChI=1S/C12H13FN4/c1-8-7-15-12(14)16-11(8)17(2)10-5-3-9(13)4-6-10/h3-7H,1-2H3,(H2,14,15,16). The first-order valence-electron chi connectivity index (χ1n) is 5.16. The van der Waals surface area contributed by atoms with Crippen molar-refractivity contribution in [1.82, 2.24) is 9.97 Å². The van der Waals surface area contributed by atoms with E-state index in [1.165, 1.54) is 12.1 Å². The highest BCUT2D eigenvalue weighted by Crippen LogP contribution is 2.24. The maximum atomic E-state index is 12.8. The van der Waals surface area contributed by atoms with E-state index in [0.29, 0.717) is 5.82 Å². The summed E-state index contributed by atoms with van der Waals surface area (Å²) >= 11 is 0. The Morgan fingerprint density at radius 1 is 1.24 bits per heavy atom. The van der Waals surface area contributed by atoms with Crippen LogP contribution in [0.4, 0.5) is 21.8 Å². The number of nitrogens with two attached hydrogens (primary N) is 1. The lowest BCUT2D eigenvalue weighted by Crippen LogP contribution is -2.14. The molecule has 88 valence electrons. The van der Waals surface area contributed by atoms with Gasteiger partial charge in [-0.2, -0.15) is 4.98 Å². The van der Waals surface area contributed by atoms with E-state index in [0.717, 1.165) is 11.3 Å². The van der Waals surface area contributed by atoms with Gasteiger partial charge in [-0.3, -0.25) is 0 Å². The number of hydrogen-bond donors (Lipinski definition) is 1. The predicted octanol–water partition coefficient (Wildman–Crippen LogP) is 2.27. The summed E-state index contributed by atoms with van der Waals surface area (Å²) in [5.74, 6) is 0.671. The number of nitrogens with zero attached hydrogens (tertiary/aromatic N) is 3. The van der Waals surface area contributed by atoms with Gasteiger partial charge in [0.25, 0.3) is 0 Å². The second-order valence-corrected chi connectivity index (χ2v) is 3.77. The molecule has 2 rings (SSSR count). The second kappa shape index (κ2) is 4.37. The second-order valence-electron chi connectivity index (χ2n) is 3.77. The first-order chi connectivity index (χ1) is 8.08. The molecule has 0 aliphatic heterocycles. The van der Waals surface area contributed by atoms with E-state index in [4.69, 9.17) is 5.73 Å². The molecule has 0 saturated heterocycles. The van der Waals surface area contributed by atoms with Crippen molar-refractivity contribution in [2.24, 2.45) is 0 Å². The third-order valence-electron chi connectivity index (χ3n) is 2.50. The first-order valence-corrected chi connectivity index (χ1v) is 5.16. The molecular formula is C12H13FN4. The molecule has 2 aromatic rings. The van der Waals surface area contributed by atoms with Crippen molar-refractivity contribution in [3.63, 3.8) is 0 Å². The zero-order chi connectivity index (χ0) is 12.4. The summed E-state index contributed by atoms with van der Waals surface area (Å²) in [6.07, 6.45) is 1.66. The van der Waals surface area contributed by atoms with E-state index >= 15 is 0 Å². The van der Waals surface area contributed by atoms with Crippen LogP contribution in [0.2, 0.25) is 0 Å². The largest absolute Gasteiger partial charge is 0.368 e. The van der Waals surface area contributed by atoms with Gasteiger partial charge in [0.15, 0.2) is 0 Å². The number of hydrogen-bond acceptors (Lipinski definition) is 4. The fraction of sp³-hybridized carbons (Fsp3) is 0.167. The number of benzene rings is 1. The number of aryl methyl sites for hydroxylation is 1. The van der Waals surface area contributed by atoms with E-state index in [9.17, 15) is 4.39 Å². The van der Waals surface area contributed by atoms with E-state index in [2.05, 4.69) is 9.97 Å². The van der Waals surface area contributed by atoms with E-state index in [1.807, 2.05) is 18.9 Å². The van der Waals surface area contributed by atoms with Gasteiger partial charge < -0.3 is 10.6 Å². The van der Waals surface area contributed by atoms with Crippen LogP contribution < -0.4 is 10.6 Å². The van der Waals surface area contributed by atoms with Crippen LogP contribution >= 0.6 is 0 Å². The van der Waals surface area contributed by atoms with Crippen LogP contribution in [-0.4, -0.2) is 17.0 Å². The fourth-order valence-electron chi connectivity index (χ4n) is 1.57. The molecule has 0 spiro atoms. The monoisotopic (exact) mass is 232 g/mol. The molecule has 0 aliphatic rings. The molecule has 0 saturated carbocycles. The minimum absolute atomic E-state index is 0.222. The minimum Gasteiger partial charge on any atom is -0.368 e. The molecule has 4 nitrogen and oxygen atoms in total. The van der Waals surface area contributed by atoms with E-state index in [-0.39, 0.29) is 11.8 Å². The number of aromatic nitrogens is 2. The summed E-state index contributed by atoms with van der Waals surface area (Å²) in [5.41, 5.74) is 7.31. The van der Waals surface area contributed by atoms with Crippen LogP contribution in [0, 0.1) is 12.7 Å². The van der Waals surface area contributed by atoms with Gasteiger partial charge in [-0.05, 0) is 31.2 Å². The Morgan fingerprint density at radius 3 is 2.53 bits per heavy atom. The Labute approximate surface area is 98.9 Å². The quantitative estimate of drug-likeness (QED) is 0.863. The Balaban J connectivity index is 2.39. The molecule has 1 aromatic heterocycles. The van der Waals surface area contributed by atoms with Crippen molar-refractivity contribution < 1.29 is 4.39 Å². The molecule has 0 atom stereocenters. The molecule has 2 N–H and O–H groups in total. The fourth-order valence-corrected chi connectivity index (χ4v) is 1.57. The van der Waals surface area contributed by atoms with Crippen molar-refractivity contribution in [2.45, 2.75) is 6.92 Å². The van der Waals surface area contributed by atoms with Gasteiger partial charge >= 0.3 is 0 Å². The van der Waals surface area contributed by atoms with Gasteiger partial charge in [0.2, 0.25) is 5.95 Å². The highest BCUT2D eigenvalue weighted by molar-refractivity contribution is 5.62. The van der Waals surface area contributed by atoms with Gasteiger partial charge in [0.05, 0.1) is 0 Å². The minimum atomic E-state index is -0.263. The molecule has 0 radical (unpaired) electrons. The molecule has 17 heavy (non-hydrogen) atoms. The van der Waals surface area contributed by atoms with Gasteiger partial charge in [-0.1, -0.05) is 0 Å². The number of rotatable bonds is 2. The van der Waals surface area contributed by atoms with Crippen LogP contribution in [0.5, 0.6) is 0 Å². The molecule has 0 bridgehead atoms. The lowest BCUT2D eigenvalue weighted by atomic mass is 10.2. The Morgan fingerprint density at radius 2 is 1.88 bits per heavy atom. The van der Waals surface area contributed by atoms with Gasteiger partial charge in [-0.25, -0.2) is 9.37 Å². The summed E-state index contributed by atoms with van der Waals surface area (Å²) in [6.45, 7) is 1.90. The molecular weight excluding hydrogens is 219 g/mol. The van der Waals surface area contributed by atoms with E-state index < -0.39 is 0 Å². The summed E-state index contributed by atoms with van der Waals surface area (Å²) in [7, 11) is 1.85. The highest BCUT2D eigenvalue weighted by Gasteiger charge is 2.09. The van der Waals surface area contributed by atoms with Crippen molar-refractivity contribution >= 4 is 17.5 Å². The molecule has 5 heteroatoms. The van der Waals surface area contributed by atoms with Crippen LogP contribution in [0.1, 0.15) is 5.56 Å². The molecule has 0 unspecified atom stereocenters. The van der Waals surface area contributed by atoms with Crippen LogP contribution in [0.3, 0.4) is 0 Å². The average Bonchev–Trinajstić information content (AvgIpc) is 2.32. The van der Waals surface area contributed by atoms with Gasteiger partial charge in [0.1, 0.15) is 11.6 Å². The lowest BCUT2D eigenvalue weighted by molar-refractivity contribution is 0.628. The van der Waals surface area contributed by atoms with Crippen molar-refractivity contribution in [1.29, 1.82) is 0 Å². The normalized spacial score (nSPS) is 10.3. The predicted molar refractivity (Wildman–Crippen MR) is 65.6 cm³/mol. The summed E-state index contributed by atoms with van der Waals surface area (Å²) < 4.78 is 12.8. The third kappa shape index (κ3) is 2.33. The zero-order valence-corrected chi connectivity index (χ0v) is 9.68. The van der Waals surface area contributed by atoms with Crippen molar-refractivity contribution in [2.75, 3.05) is 17.7 Å². The van der Waals surface area contributed by atoms with Gasteiger partial charge in [0, 0.05) is 24.5 Å². The van der Waals surface area contributed by atoms with Crippen LogP contribution in [0.25, 0.3) is 0 Å². The Hall–Kier alpha value is -2.17. The Bertz CT molecular complexity index is 525. The SMILES string of the molecule is Cc1cnc(N)nc1N(C)c1ccc(F)cc1. The summed E-state index contributed by atoms with van der Waals surface area (Å²) in [6, 6.07) is 6.19. The van der Waals surface area contributed by atoms with Crippen molar-refractivity contribution in [3.05, 3.63) is 41.8 Å². The number of halogens is 1. The Kier molecular flexibility index (Phi) is 2.91. The smallest absolute Gasteiger partial charge is 0.221 e. The number of nitrogen functional groups attached to an aromatic ring is 1. The molecule has 1 heterocycles. The van der Waals surface area contributed by atoms with Crippen LogP contribution in [0.15, 0.2) is 30.5 Å². The van der Waals surface area contributed by atoms with E-state index in [1.54, 1.807) is 18.3 Å². The third-order valence-corrected chi connectivity index (χ3v) is 2.50. The van der Waals surface area contributed by atoms with Crippen LogP contribution in [-0.2, 0) is 0 Å². The topological polar surface area (TPSA) is 55.0 Å². The molecule has 1 aromatic carbocycles. The van der Waals surface area contributed by atoms with Gasteiger partial charge in [-0.15, -0.1) is 0 Å². The van der Waals surface area contributed by atoms with Crippen molar-refractivity contribution in [3.8, 4) is 0 Å². The maximum Gasteiger partial charge on any atom is 0.221 e. The zero-order valence-electron chi connectivity index (χ0n) is 9.68. The highest BCUT2D eigenvalue weighted by atomic mass is 19.1. The maximum absolute atomic E-state index is 12.8. The molecule has 0 amide bonds. The number of anilines is 3. The summed E-state index contributed by atoms with van der Waals surface area (Å²) in [5, 5.41) is 0. The molecule has 0 fully saturated rings. The summed E-state index contributed by atoms with van der Waals surface area (Å²) in [4.78, 5) is 9.92. The lowest BCUT2D eigenvalue weighted by Gasteiger charge is -2.20. The first kappa shape index (κ1) is 11.3.